The maximum atomic E-state index is 8.68. The quantitative estimate of drug-likeness (QED) is 0.571. The minimum absolute atomic E-state index is 0.710. The highest BCUT2D eigenvalue weighted by Gasteiger charge is 2.01. The number of rotatable bonds is 0. The molecular formula is C8H6INS. The molecule has 11 heavy (non-hydrogen) atoms. The first kappa shape index (κ1) is 8.88. The molecule has 1 aromatic carbocycles. The van der Waals surface area contributed by atoms with Gasteiger partial charge in [0.15, 0.2) is 0 Å². The number of hydrogen-bond acceptors (Lipinski definition) is 2. The van der Waals surface area contributed by atoms with Crippen LogP contribution >= 0.6 is 35.2 Å². The lowest BCUT2D eigenvalue weighted by molar-refractivity contribution is 1.26. The molecule has 0 radical (unpaired) electrons. The Balaban J connectivity index is 3.39. The van der Waals surface area contributed by atoms with Crippen LogP contribution in [0.15, 0.2) is 17.0 Å². The first-order valence-corrected chi connectivity index (χ1v) is 4.57. The molecule has 0 spiro atoms. The summed E-state index contributed by atoms with van der Waals surface area (Å²) in [5.41, 5.74) is 1.66. The Kier molecular flexibility index (Phi) is 2.79. The van der Waals surface area contributed by atoms with Gasteiger partial charge in [0, 0.05) is 8.47 Å². The van der Waals surface area contributed by atoms with E-state index in [1.165, 1.54) is 0 Å². The molecule has 1 rings (SSSR count). The average Bonchev–Trinajstić information content (AvgIpc) is 1.96. The maximum Gasteiger partial charge on any atom is 0.0995 e. The molecule has 0 saturated carbocycles. The Hall–Kier alpha value is -0.210. The Morgan fingerprint density at radius 3 is 2.73 bits per heavy atom. The van der Waals surface area contributed by atoms with Gasteiger partial charge in [-0.15, -0.1) is 12.6 Å². The summed E-state index contributed by atoms with van der Waals surface area (Å²) >= 11 is 6.41. The summed E-state index contributed by atoms with van der Waals surface area (Å²) in [6.07, 6.45) is 0. The van der Waals surface area contributed by atoms with Crippen molar-refractivity contribution in [3.05, 3.63) is 26.8 Å². The van der Waals surface area contributed by atoms with Crippen molar-refractivity contribution in [3.63, 3.8) is 0 Å². The first-order chi connectivity index (χ1) is 5.15. The number of thiol groups is 1. The van der Waals surface area contributed by atoms with Crippen molar-refractivity contribution >= 4 is 35.2 Å². The van der Waals surface area contributed by atoms with E-state index in [9.17, 15) is 0 Å². The van der Waals surface area contributed by atoms with Crippen molar-refractivity contribution < 1.29 is 0 Å². The van der Waals surface area contributed by atoms with Crippen molar-refractivity contribution in [1.82, 2.24) is 0 Å². The minimum Gasteiger partial charge on any atom is -0.192 e. The van der Waals surface area contributed by atoms with E-state index in [1.54, 1.807) is 0 Å². The normalized spacial score (nSPS) is 9.27. The van der Waals surface area contributed by atoms with Crippen LogP contribution in [0, 0.1) is 21.8 Å². The lowest BCUT2D eigenvalue weighted by Gasteiger charge is -2.01. The molecule has 3 heteroatoms. The van der Waals surface area contributed by atoms with Gasteiger partial charge < -0.3 is 0 Å². The minimum atomic E-state index is 0.710. The van der Waals surface area contributed by atoms with Crippen molar-refractivity contribution in [3.8, 4) is 6.07 Å². The van der Waals surface area contributed by atoms with E-state index >= 15 is 0 Å². The molecule has 0 fully saturated rings. The van der Waals surface area contributed by atoms with Crippen LogP contribution in [0.3, 0.4) is 0 Å². The summed E-state index contributed by atoms with van der Waals surface area (Å²) in [4.78, 5) is 0.883. The molecule has 1 aromatic rings. The molecule has 0 bridgehead atoms. The Labute approximate surface area is 85.0 Å². The molecule has 0 unspecified atom stereocenters. The van der Waals surface area contributed by atoms with Crippen LogP contribution in [0.1, 0.15) is 11.1 Å². The second-order valence-corrected chi connectivity index (χ2v) is 3.94. The standard InChI is InChI=1S/C8H6INS/c1-5-6(4-10)2-7(9)3-8(5)11/h2-3,11H,1H3. The molecule has 0 aliphatic carbocycles. The fourth-order valence-electron chi connectivity index (χ4n) is 0.781. The van der Waals surface area contributed by atoms with Crippen LogP contribution in [-0.4, -0.2) is 0 Å². The zero-order valence-corrected chi connectivity index (χ0v) is 8.98. The lowest BCUT2D eigenvalue weighted by atomic mass is 10.1. The Bertz CT molecular complexity index is 328. The van der Waals surface area contributed by atoms with E-state index < -0.39 is 0 Å². The van der Waals surface area contributed by atoms with E-state index in [4.69, 9.17) is 5.26 Å². The van der Waals surface area contributed by atoms with Gasteiger partial charge in [-0.05, 0) is 47.2 Å². The zero-order valence-electron chi connectivity index (χ0n) is 5.93. The lowest BCUT2D eigenvalue weighted by Crippen LogP contribution is -1.85. The van der Waals surface area contributed by atoms with Crippen molar-refractivity contribution in [2.24, 2.45) is 0 Å². The van der Waals surface area contributed by atoms with Gasteiger partial charge in [0.1, 0.15) is 0 Å². The smallest absolute Gasteiger partial charge is 0.0995 e. The van der Waals surface area contributed by atoms with E-state index in [1.807, 2.05) is 19.1 Å². The topological polar surface area (TPSA) is 23.8 Å². The second-order valence-electron chi connectivity index (χ2n) is 2.21. The largest absolute Gasteiger partial charge is 0.192 e. The number of nitrogens with zero attached hydrogens (tertiary/aromatic N) is 1. The van der Waals surface area contributed by atoms with E-state index in [0.29, 0.717) is 5.56 Å². The highest BCUT2D eigenvalue weighted by Crippen LogP contribution is 2.20. The van der Waals surface area contributed by atoms with Gasteiger partial charge in [-0.2, -0.15) is 5.26 Å². The molecule has 0 aliphatic rings. The van der Waals surface area contributed by atoms with Gasteiger partial charge in [0.25, 0.3) is 0 Å². The SMILES string of the molecule is Cc1c(S)cc(I)cc1C#N. The van der Waals surface area contributed by atoms with Crippen LogP contribution in [0.25, 0.3) is 0 Å². The molecule has 1 nitrogen and oxygen atoms in total. The molecule has 56 valence electrons. The van der Waals surface area contributed by atoms with Crippen LogP contribution in [-0.2, 0) is 0 Å². The van der Waals surface area contributed by atoms with Gasteiger partial charge in [0.2, 0.25) is 0 Å². The predicted octanol–water partition coefficient (Wildman–Crippen LogP) is 2.76. The Morgan fingerprint density at radius 2 is 2.18 bits per heavy atom. The van der Waals surface area contributed by atoms with Gasteiger partial charge in [-0.3, -0.25) is 0 Å². The fourth-order valence-corrected chi connectivity index (χ4v) is 1.91. The number of halogens is 1. The summed E-state index contributed by atoms with van der Waals surface area (Å²) in [7, 11) is 0. The predicted molar refractivity (Wildman–Crippen MR) is 55.9 cm³/mol. The van der Waals surface area contributed by atoms with Crippen molar-refractivity contribution in [2.75, 3.05) is 0 Å². The molecule has 0 saturated heterocycles. The molecule has 0 heterocycles. The summed E-state index contributed by atoms with van der Waals surface area (Å²) in [5, 5.41) is 8.68. The number of nitriles is 1. The van der Waals surface area contributed by atoms with E-state index in [0.717, 1.165) is 14.0 Å². The summed E-state index contributed by atoms with van der Waals surface area (Å²) in [6, 6.07) is 5.92. The molecule has 0 N–H and O–H groups in total. The first-order valence-electron chi connectivity index (χ1n) is 3.04. The van der Waals surface area contributed by atoms with Crippen molar-refractivity contribution in [2.45, 2.75) is 11.8 Å². The number of benzene rings is 1. The molecule has 0 amide bonds. The molecule has 0 atom stereocenters. The van der Waals surface area contributed by atoms with Crippen LogP contribution in [0.2, 0.25) is 0 Å². The van der Waals surface area contributed by atoms with Gasteiger partial charge in [-0.25, -0.2) is 0 Å². The van der Waals surface area contributed by atoms with Crippen LogP contribution in [0.4, 0.5) is 0 Å². The summed E-state index contributed by atoms with van der Waals surface area (Å²) < 4.78 is 1.05. The van der Waals surface area contributed by atoms with E-state index in [2.05, 4.69) is 41.3 Å². The highest BCUT2D eigenvalue weighted by atomic mass is 127. The monoisotopic (exact) mass is 275 g/mol. The van der Waals surface area contributed by atoms with Gasteiger partial charge in [-0.1, -0.05) is 0 Å². The molecule has 0 aliphatic heterocycles. The third-order valence-corrected chi connectivity index (χ3v) is 2.55. The van der Waals surface area contributed by atoms with Gasteiger partial charge >= 0.3 is 0 Å². The average molecular weight is 275 g/mol. The summed E-state index contributed by atoms with van der Waals surface area (Å²) in [6.45, 7) is 1.90. The van der Waals surface area contributed by atoms with E-state index in [-0.39, 0.29) is 0 Å². The van der Waals surface area contributed by atoms with Crippen LogP contribution in [0.5, 0.6) is 0 Å². The zero-order chi connectivity index (χ0) is 8.43. The third-order valence-electron chi connectivity index (χ3n) is 1.47. The molecule has 0 aromatic heterocycles. The third kappa shape index (κ3) is 1.88. The fraction of sp³-hybridized carbons (Fsp3) is 0.125. The maximum absolute atomic E-state index is 8.68. The van der Waals surface area contributed by atoms with Crippen LogP contribution < -0.4 is 0 Å². The number of hydrogen-bond donors (Lipinski definition) is 1. The van der Waals surface area contributed by atoms with Crippen molar-refractivity contribution in [1.29, 1.82) is 5.26 Å². The Morgan fingerprint density at radius 1 is 1.55 bits per heavy atom. The highest BCUT2D eigenvalue weighted by molar-refractivity contribution is 14.1. The second kappa shape index (κ2) is 3.46. The molecular weight excluding hydrogens is 269 g/mol. The van der Waals surface area contributed by atoms with Gasteiger partial charge in [0.05, 0.1) is 11.6 Å². The summed E-state index contributed by atoms with van der Waals surface area (Å²) in [5.74, 6) is 0.